The van der Waals surface area contributed by atoms with Gasteiger partial charge in [-0.15, -0.1) is 11.3 Å². The number of nitrogens with one attached hydrogen (secondary N) is 1. The lowest BCUT2D eigenvalue weighted by Gasteiger charge is -2.59. The van der Waals surface area contributed by atoms with Crippen molar-refractivity contribution >= 4 is 27.5 Å². The van der Waals surface area contributed by atoms with E-state index in [1.54, 1.807) is 17.7 Å². The molecule has 0 radical (unpaired) electrons. The second-order valence-corrected chi connectivity index (χ2v) is 11.7. The molecule has 0 saturated heterocycles. The van der Waals surface area contributed by atoms with E-state index < -0.39 is 0 Å². The Hall–Kier alpha value is -1.69. The predicted octanol–water partition coefficient (Wildman–Crippen LogP) is 4.06. The number of aryl methyl sites for hydroxylation is 2. The van der Waals surface area contributed by atoms with E-state index in [1.165, 1.54) is 60.0 Å². The van der Waals surface area contributed by atoms with Crippen LogP contribution < -0.4 is 10.9 Å². The summed E-state index contributed by atoms with van der Waals surface area (Å²) in [4.78, 5) is 32.8. The Kier molecular flexibility index (Phi) is 4.38. The third-order valence-corrected chi connectivity index (χ3v) is 9.84. The number of thiophene rings is 1. The third-order valence-electron chi connectivity index (χ3n) is 8.64. The summed E-state index contributed by atoms with van der Waals surface area (Å²) in [6.45, 7) is 2.27. The Morgan fingerprint density at radius 2 is 1.87 bits per heavy atom. The Morgan fingerprint density at radius 1 is 1.20 bits per heavy atom. The third kappa shape index (κ3) is 2.97. The van der Waals surface area contributed by atoms with Crippen LogP contribution >= 0.6 is 11.3 Å². The van der Waals surface area contributed by atoms with Gasteiger partial charge in [0.05, 0.1) is 11.7 Å². The molecule has 30 heavy (non-hydrogen) atoms. The first-order chi connectivity index (χ1) is 14.5. The van der Waals surface area contributed by atoms with Gasteiger partial charge in [0.15, 0.2) is 0 Å². The van der Waals surface area contributed by atoms with Crippen LogP contribution in [0.5, 0.6) is 0 Å². The van der Waals surface area contributed by atoms with Gasteiger partial charge in [0.1, 0.15) is 11.4 Å². The fourth-order valence-electron chi connectivity index (χ4n) is 7.60. The largest absolute Gasteiger partial charge is 0.352 e. The molecule has 2 aromatic rings. The molecule has 0 spiro atoms. The molecular weight excluding hydrogens is 394 g/mol. The first-order valence-corrected chi connectivity index (χ1v) is 12.6. The summed E-state index contributed by atoms with van der Waals surface area (Å²) in [7, 11) is 0. The summed E-state index contributed by atoms with van der Waals surface area (Å²) in [5.74, 6) is 2.56. The molecule has 4 saturated carbocycles. The first-order valence-electron chi connectivity index (χ1n) is 11.8. The summed E-state index contributed by atoms with van der Waals surface area (Å²) in [6, 6.07) is 0.180. The molecule has 0 aliphatic heterocycles. The summed E-state index contributed by atoms with van der Waals surface area (Å²) in [5.41, 5.74) is 1.43. The smallest absolute Gasteiger partial charge is 0.262 e. The molecule has 0 unspecified atom stereocenters. The van der Waals surface area contributed by atoms with E-state index in [9.17, 15) is 9.59 Å². The zero-order chi connectivity index (χ0) is 20.5. The maximum Gasteiger partial charge on any atom is 0.262 e. The van der Waals surface area contributed by atoms with Crippen LogP contribution in [0.4, 0.5) is 0 Å². The Balaban J connectivity index is 1.21. The van der Waals surface area contributed by atoms with Gasteiger partial charge < -0.3 is 5.32 Å². The lowest BCUT2D eigenvalue weighted by Crippen LogP contribution is -2.56. The number of carbonyl (C=O) groups is 1. The van der Waals surface area contributed by atoms with Crippen molar-refractivity contribution in [2.24, 2.45) is 23.2 Å². The summed E-state index contributed by atoms with van der Waals surface area (Å²) < 4.78 is 1.52. The monoisotopic (exact) mass is 425 g/mol. The van der Waals surface area contributed by atoms with E-state index >= 15 is 0 Å². The van der Waals surface area contributed by atoms with Crippen LogP contribution in [0.3, 0.4) is 0 Å². The summed E-state index contributed by atoms with van der Waals surface area (Å²) >= 11 is 1.66. The number of rotatable bonds is 4. The number of fused-ring (bicyclic) bond motifs is 3. The van der Waals surface area contributed by atoms with Crippen LogP contribution in [0, 0.1) is 23.2 Å². The molecule has 4 bridgehead atoms. The zero-order valence-electron chi connectivity index (χ0n) is 17.8. The van der Waals surface area contributed by atoms with E-state index in [0.717, 1.165) is 47.2 Å². The van der Waals surface area contributed by atoms with Crippen molar-refractivity contribution < 1.29 is 4.79 Å². The highest BCUT2D eigenvalue weighted by atomic mass is 32.1. The van der Waals surface area contributed by atoms with Gasteiger partial charge in [0, 0.05) is 10.9 Å². The first kappa shape index (κ1) is 19.0. The SMILES string of the molecule is C[C@H](NC(=O)Cn1cnc2sc3c(c2c1=O)CCCC3)C12CC3CC(CC(C3)C1)C2. The van der Waals surface area contributed by atoms with Gasteiger partial charge in [0.2, 0.25) is 5.91 Å². The average Bonchev–Trinajstić information content (AvgIpc) is 3.08. The standard InChI is InChI=1S/C24H31N3O2S/c1-14(24-9-15-6-16(10-24)8-17(7-15)11-24)26-20(28)12-27-13-25-22-21(23(27)29)18-4-2-3-5-19(18)30-22/h13-17H,2-12H2,1H3,(H,26,28)/t14-,15?,16?,17?,24?/m0/s1. The van der Waals surface area contributed by atoms with Crippen molar-refractivity contribution in [3.05, 3.63) is 27.1 Å². The molecule has 1 amide bonds. The molecule has 2 heterocycles. The highest BCUT2D eigenvalue weighted by molar-refractivity contribution is 7.18. The molecular formula is C24H31N3O2S. The van der Waals surface area contributed by atoms with Crippen molar-refractivity contribution in [1.29, 1.82) is 0 Å². The van der Waals surface area contributed by atoms with Gasteiger partial charge in [-0.3, -0.25) is 14.2 Å². The minimum Gasteiger partial charge on any atom is -0.352 e. The lowest BCUT2D eigenvalue weighted by molar-refractivity contribution is -0.126. The van der Waals surface area contributed by atoms with Crippen molar-refractivity contribution in [3.63, 3.8) is 0 Å². The Labute approximate surface area is 181 Å². The number of nitrogens with zero attached hydrogens (tertiary/aromatic N) is 2. The van der Waals surface area contributed by atoms with Gasteiger partial charge >= 0.3 is 0 Å². The van der Waals surface area contributed by atoms with E-state index in [2.05, 4.69) is 17.2 Å². The second kappa shape index (κ2) is 6.91. The molecule has 5 nitrogen and oxygen atoms in total. The van der Waals surface area contributed by atoms with Gasteiger partial charge in [0.25, 0.3) is 5.56 Å². The van der Waals surface area contributed by atoms with Gasteiger partial charge in [-0.2, -0.15) is 0 Å². The molecule has 1 atom stereocenters. The van der Waals surface area contributed by atoms with Crippen molar-refractivity contribution in [2.75, 3.05) is 0 Å². The number of hydrogen-bond acceptors (Lipinski definition) is 4. The average molecular weight is 426 g/mol. The fraction of sp³-hybridized carbons (Fsp3) is 0.708. The summed E-state index contributed by atoms with van der Waals surface area (Å²) in [5, 5.41) is 4.06. The van der Waals surface area contributed by atoms with Crippen LogP contribution in [0.15, 0.2) is 11.1 Å². The van der Waals surface area contributed by atoms with Crippen molar-refractivity contribution in [3.8, 4) is 0 Å². The van der Waals surface area contributed by atoms with Gasteiger partial charge in [-0.25, -0.2) is 4.98 Å². The number of amides is 1. The highest BCUT2D eigenvalue weighted by Gasteiger charge is 2.53. The van der Waals surface area contributed by atoms with Crippen molar-refractivity contribution in [1.82, 2.24) is 14.9 Å². The number of aromatic nitrogens is 2. The van der Waals surface area contributed by atoms with E-state index in [0.29, 0.717) is 0 Å². The molecule has 160 valence electrons. The molecule has 0 aromatic carbocycles. The normalized spacial score (nSPS) is 32.9. The zero-order valence-corrected chi connectivity index (χ0v) is 18.6. The van der Waals surface area contributed by atoms with Crippen LogP contribution in [0.2, 0.25) is 0 Å². The Morgan fingerprint density at radius 3 is 2.57 bits per heavy atom. The molecule has 1 N–H and O–H groups in total. The van der Waals surface area contributed by atoms with Crippen LogP contribution in [-0.2, 0) is 24.2 Å². The Bertz CT molecular complexity index is 1030. The van der Waals surface area contributed by atoms with Crippen molar-refractivity contribution in [2.45, 2.75) is 83.7 Å². The molecule has 6 heteroatoms. The molecule has 5 aliphatic rings. The predicted molar refractivity (Wildman–Crippen MR) is 119 cm³/mol. The summed E-state index contributed by atoms with van der Waals surface area (Å²) in [6.07, 6.45) is 14.0. The highest BCUT2D eigenvalue weighted by Crippen LogP contribution is 2.61. The number of hydrogen-bond donors (Lipinski definition) is 1. The maximum atomic E-state index is 13.2. The van der Waals surface area contributed by atoms with Gasteiger partial charge in [-0.05, 0) is 99.9 Å². The quantitative estimate of drug-likeness (QED) is 0.803. The molecule has 5 aliphatic carbocycles. The maximum absolute atomic E-state index is 13.2. The van der Waals surface area contributed by atoms with Crippen LogP contribution in [-0.4, -0.2) is 21.5 Å². The van der Waals surface area contributed by atoms with Crippen LogP contribution in [0.1, 0.15) is 68.7 Å². The topological polar surface area (TPSA) is 64.0 Å². The van der Waals surface area contributed by atoms with E-state index in [4.69, 9.17) is 0 Å². The second-order valence-electron chi connectivity index (χ2n) is 10.6. The fourth-order valence-corrected chi connectivity index (χ4v) is 8.82. The molecule has 4 fully saturated rings. The minimum atomic E-state index is -0.0504. The molecule has 2 aromatic heterocycles. The van der Waals surface area contributed by atoms with Crippen LogP contribution in [0.25, 0.3) is 10.2 Å². The number of carbonyl (C=O) groups excluding carboxylic acids is 1. The van der Waals surface area contributed by atoms with E-state index in [-0.39, 0.29) is 29.5 Å². The lowest BCUT2D eigenvalue weighted by atomic mass is 9.48. The van der Waals surface area contributed by atoms with Gasteiger partial charge in [-0.1, -0.05) is 0 Å². The molecule has 7 rings (SSSR count). The van der Waals surface area contributed by atoms with E-state index in [1.807, 2.05) is 0 Å². The minimum absolute atomic E-state index is 0.0444.